The molecule has 0 fully saturated rings. The lowest BCUT2D eigenvalue weighted by molar-refractivity contribution is -0.160. The second-order valence-electron chi connectivity index (χ2n) is 9.81. The Kier molecular flexibility index (Phi) is 16.0. The van der Waals surface area contributed by atoms with Gasteiger partial charge in [0.2, 0.25) is 0 Å². The number of hydrogen-bond acceptors (Lipinski definition) is 11. The molecule has 0 saturated carbocycles. The SMILES string of the molecule is O=C(O)[C@@H](O)[C@H](O)[C@H](O)[C@@H](O)/C=N/OCCOCCOCCOCCSC(c1ccccc1)(c1ccccc1)c1ccccc1. The molecule has 45 heavy (non-hydrogen) atoms. The van der Waals surface area contributed by atoms with E-state index in [2.05, 4.69) is 78.0 Å². The number of aliphatic hydroxyl groups is 4. The van der Waals surface area contributed by atoms with Crippen LogP contribution in [0.3, 0.4) is 0 Å². The number of nitrogens with zero attached hydrogens (tertiary/aromatic N) is 1. The largest absolute Gasteiger partial charge is 0.479 e. The Morgan fingerprint density at radius 2 is 1.09 bits per heavy atom. The number of hydrogen-bond donors (Lipinski definition) is 5. The van der Waals surface area contributed by atoms with Crippen molar-refractivity contribution in [3.05, 3.63) is 108 Å². The molecular weight excluding hydrogens is 602 g/mol. The van der Waals surface area contributed by atoms with E-state index in [1.54, 1.807) is 0 Å². The number of benzene rings is 3. The number of thioether (sulfide) groups is 1. The van der Waals surface area contributed by atoms with Crippen molar-refractivity contribution in [1.29, 1.82) is 0 Å². The summed E-state index contributed by atoms with van der Waals surface area (Å²) in [5.41, 5.74) is 3.62. The van der Waals surface area contributed by atoms with Gasteiger partial charge in [-0.15, -0.1) is 11.8 Å². The van der Waals surface area contributed by atoms with Crippen LogP contribution in [-0.4, -0.2) is 114 Å². The van der Waals surface area contributed by atoms with Gasteiger partial charge in [-0.3, -0.25) is 0 Å². The molecule has 244 valence electrons. The first kappa shape index (κ1) is 36.1. The van der Waals surface area contributed by atoms with Crippen LogP contribution in [0.5, 0.6) is 0 Å². The van der Waals surface area contributed by atoms with Gasteiger partial charge < -0.3 is 44.6 Å². The van der Waals surface area contributed by atoms with Gasteiger partial charge in [0.25, 0.3) is 0 Å². The lowest BCUT2D eigenvalue weighted by Crippen LogP contribution is -2.48. The van der Waals surface area contributed by atoms with Gasteiger partial charge in [0.1, 0.15) is 24.9 Å². The molecule has 3 aromatic carbocycles. The van der Waals surface area contributed by atoms with E-state index in [1.807, 2.05) is 30.0 Å². The molecule has 12 heteroatoms. The number of ether oxygens (including phenoxy) is 3. The molecule has 0 aliphatic heterocycles. The smallest absolute Gasteiger partial charge is 0.335 e. The van der Waals surface area contributed by atoms with Gasteiger partial charge >= 0.3 is 5.97 Å². The number of aliphatic carboxylic acids is 1. The van der Waals surface area contributed by atoms with Crippen molar-refractivity contribution in [3.8, 4) is 0 Å². The molecule has 0 bridgehead atoms. The monoisotopic (exact) mass is 643 g/mol. The Labute approximate surface area is 267 Å². The maximum absolute atomic E-state index is 10.6. The van der Waals surface area contributed by atoms with Crippen molar-refractivity contribution in [1.82, 2.24) is 0 Å². The highest BCUT2D eigenvalue weighted by molar-refractivity contribution is 8.00. The molecule has 0 unspecified atom stereocenters. The van der Waals surface area contributed by atoms with Crippen molar-refractivity contribution in [3.63, 3.8) is 0 Å². The molecule has 0 saturated heterocycles. The van der Waals surface area contributed by atoms with E-state index >= 15 is 0 Å². The summed E-state index contributed by atoms with van der Waals surface area (Å²) in [6, 6.07) is 31.6. The fraction of sp³-hybridized carbons (Fsp3) is 0.394. The van der Waals surface area contributed by atoms with E-state index in [0.29, 0.717) is 33.0 Å². The van der Waals surface area contributed by atoms with Gasteiger partial charge in [0, 0.05) is 5.75 Å². The van der Waals surface area contributed by atoms with E-state index in [4.69, 9.17) is 24.2 Å². The molecule has 0 spiro atoms. The third-order valence-corrected chi connectivity index (χ3v) is 8.23. The quantitative estimate of drug-likeness (QED) is 0.0472. The van der Waals surface area contributed by atoms with Gasteiger partial charge in [0.05, 0.1) is 50.6 Å². The minimum atomic E-state index is -2.25. The highest BCUT2D eigenvalue weighted by Crippen LogP contribution is 2.48. The topological polar surface area (TPSA) is 167 Å². The summed E-state index contributed by atoms with van der Waals surface area (Å²) < 4.78 is 16.4. The summed E-state index contributed by atoms with van der Waals surface area (Å²) in [6.07, 6.45) is -7.30. The highest BCUT2D eigenvalue weighted by Gasteiger charge is 2.37. The predicted octanol–water partition coefficient (Wildman–Crippen LogP) is 2.29. The van der Waals surface area contributed by atoms with Crippen LogP contribution < -0.4 is 0 Å². The molecule has 3 rings (SSSR count). The second-order valence-corrected chi connectivity index (χ2v) is 11.1. The Bertz CT molecular complexity index is 1160. The molecule has 0 aromatic heterocycles. The van der Waals surface area contributed by atoms with Crippen molar-refractivity contribution < 1.29 is 49.4 Å². The molecule has 4 atom stereocenters. The zero-order chi connectivity index (χ0) is 32.3. The molecule has 5 N–H and O–H groups in total. The molecule has 0 radical (unpaired) electrons. The molecule has 0 aliphatic carbocycles. The fourth-order valence-corrected chi connectivity index (χ4v) is 5.86. The molecule has 0 heterocycles. The number of oxime groups is 1. The maximum atomic E-state index is 10.6. The summed E-state index contributed by atoms with van der Waals surface area (Å²) in [5.74, 6) is -0.969. The Hall–Kier alpha value is -3.33. The molecule has 0 amide bonds. The normalized spacial score (nSPS) is 14.6. The second kappa shape index (κ2) is 19.9. The van der Waals surface area contributed by atoms with Crippen LogP contribution in [0.1, 0.15) is 16.7 Å². The summed E-state index contributed by atoms with van der Waals surface area (Å²) in [6.45, 7) is 2.31. The number of carboxylic acids is 1. The van der Waals surface area contributed by atoms with Crippen molar-refractivity contribution in [2.75, 3.05) is 52.0 Å². The molecular formula is C33H41NO10S. The summed E-state index contributed by atoms with van der Waals surface area (Å²) in [4.78, 5) is 15.5. The first-order chi connectivity index (χ1) is 21.9. The number of carbonyl (C=O) groups is 1. The minimum absolute atomic E-state index is 0.0385. The average Bonchev–Trinajstić information content (AvgIpc) is 3.08. The Morgan fingerprint density at radius 1 is 0.667 bits per heavy atom. The fourth-order valence-electron chi connectivity index (χ4n) is 4.44. The summed E-state index contributed by atoms with van der Waals surface area (Å²) in [7, 11) is 0. The van der Waals surface area contributed by atoms with E-state index in [-0.39, 0.29) is 18.0 Å². The number of aliphatic hydroxyl groups excluding tert-OH is 4. The lowest BCUT2D eigenvalue weighted by Gasteiger charge is -2.35. The Balaban J connectivity index is 1.31. The van der Waals surface area contributed by atoms with E-state index < -0.39 is 30.4 Å². The van der Waals surface area contributed by atoms with Crippen LogP contribution in [0, 0.1) is 0 Å². The first-order valence-electron chi connectivity index (χ1n) is 14.5. The van der Waals surface area contributed by atoms with Crippen LogP contribution in [-0.2, 0) is 28.6 Å². The van der Waals surface area contributed by atoms with Crippen molar-refractivity contribution in [2.45, 2.75) is 29.2 Å². The van der Waals surface area contributed by atoms with E-state index in [1.165, 1.54) is 16.7 Å². The van der Waals surface area contributed by atoms with Crippen molar-refractivity contribution >= 4 is 23.9 Å². The highest BCUT2D eigenvalue weighted by atomic mass is 32.2. The third-order valence-electron chi connectivity index (χ3n) is 6.71. The summed E-state index contributed by atoms with van der Waals surface area (Å²) in [5, 5.41) is 50.1. The van der Waals surface area contributed by atoms with Crippen LogP contribution in [0.2, 0.25) is 0 Å². The first-order valence-corrected chi connectivity index (χ1v) is 15.5. The molecule has 11 nitrogen and oxygen atoms in total. The average molecular weight is 644 g/mol. The zero-order valence-electron chi connectivity index (χ0n) is 24.8. The van der Waals surface area contributed by atoms with Crippen LogP contribution in [0.4, 0.5) is 0 Å². The number of rotatable bonds is 22. The van der Waals surface area contributed by atoms with Crippen LogP contribution in [0.15, 0.2) is 96.2 Å². The summed E-state index contributed by atoms with van der Waals surface area (Å²) >= 11 is 1.84. The van der Waals surface area contributed by atoms with Gasteiger partial charge in [0.15, 0.2) is 6.10 Å². The van der Waals surface area contributed by atoms with Gasteiger partial charge in [-0.1, -0.05) is 96.2 Å². The minimum Gasteiger partial charge on any atom is -0.479 e. The van der Waals surface area contributed by atoms with Crippen LogP contribution in [0.25, 0.3) is 0 Å². The Morgan fingerprint density at radius 3 is 1.53 bits per heavy atom. The van der Waals surface area contributed by atoms with Crippen molar-refractivity contribution in [2.24, 2.45) is 5.16 Å². The van der Waals surface area contributed by atoms with Gasteiger partial charge in [-0.2, -0.15) is 0 Å². The predicted molar refractivity (Wildman–Crippen MR) is 170 cm³/mol. The van der Waals surface area contributed by atoms with Crippen LogP contribution >= 0.6 is 11.8 Å². The van der Waals surface area contributed by atoms with Gasteiger partial charge in [-0.25, -0.2) is 4.79 Å². The molecule has 0 aliphatic rings. The number of carboxylic acid groups (broad SMARTS) is 1. The van der Waals surface area contributed by atoms with Gasteiger partial charge in [-0.05, 0) is 16.7 Å². The maximum Gasteiger partial charge on any atom is 0.335 e. The third kappa shape index (κ3) is 11.2. The molecule has 3 aromatic rings. The zero-order valence-corrected chi connectivity index (χ0v) is 25.7. The standard InChI is InChI=1S/C33H41NO10S/c35-28(29(36)30(37)31(38)32(39)40)24-34-44-21-20-42-17-16-41-18-19-43-22-23-45-33(25-10-4-1-5-11-25,26-12-6-2-7-13-26)27-14-8-3-9-15-27/h1-15,24,28-31,35-38H,16-23H2,(H,39,40)/b34-24+/t28-,29+,30+,31-/m0/s1. The van der Waals surface area contributed by atoms with E-state index in [0.717, 1.165) is 12.0 Å². The van der Waals surface area contributed by atoms with E-state index in [9.17, 15) is 25.2 Å². The lowest BCUT2D eigenvalue weighted by atomic mass is 9.84.